The van der Waals surface area contributed by atoms with Crippen LogP contribution in [0.3, 0.4) is 0 Å². The van der Waals surface area contributed by atoms with Gasteiger partial charge in [0.1, 0.15) is 0 Å². The van der Waals surface area contributed by atoms with Gasteiger partial charge in [0.05, 0.1) is 7.11 Å². The van der Waals surface area contributed by atoms with E-state index in [-0.39, 0.29) is 11.8 Å². The second kappa shape index (κ2) is 5.34. The predicted octanol–water partition coefficient (Wildman–Crippen LogP) is 1.36. The number of ether oxygens (including phenoxy) is 1. The third-order valence-electron chi connectivity index (χ3n) is 2.02. The molecule has 1 aromatic rings. The molecule has 0 saturated carbocycles. The molecule has 0 aliphatic heterocycles. The lowest BCUT2D eigenvalue weighted by molar-refractivity contribution is -0.124. The lowest BCUT2D eigenvalue weighted by atomic mass is 10.2. The average Bonchev–Trinajstić information content (AvgIpc) is 2.26. The number of methoxy groups -OCH3 is 1. The van der Waals surface area contributed by atoms with Gasteiger partial charge in [-0.3, -0.25) is 4.79 Å². The average molecular weight is 208 g/mol. The number of carbonyl (C=O) groups excluding carboxylic acids is 1. The van der Waals surface area contributed by atoms with Gasteiger partial charge in [0, 0.05) is 24.2 Å². The van der Waals surface area contributed by atoms with Crippen LogP contribution < -0.4 is 10.1 Å². The molecule has 1 amide bonds. The Balaban J connectivity index is 2.61. The molecule has 1 N–H and O–H groups in total. The zero-order valence-corrected chi connectivity index (χ0v) is 9.28. The van der Waals surface area contributed by atoms with Gasteiger partial charge in [-0.2, -0.15) is 0 Å². The molecule has 0 aliphatic carbocycles. The molecule has 82 valence electrons. The van der Waals surface area contributed by atoms with Crippen LogP contribution in [0.4, 0.5) is 0 Å². The zero-order chi connectivity index (χ0) is 11.3. The number of amides is 1. The Hall–Kier alpha value is -1.58. The quantitative estimate of drug-likeness (QED) is 0.812. The van der Waals surface area contributed by atoms with Crippen molar-refractivity contribution in [1.82, 2.24) is 10.3 Å². The maximum Gasteiger partial charge on any atom is 0.222 e. The molecule has 1 heterocycles. The molecule has 0 aromatic carbocycles. The normalized spacial score (nSPS) is 10.1. The van der Waals surface area contributed by atoms with E-state index in [1.165, 1.54) is 0 Å². The van der Waals surface area contributed by atoms with Crippen molar-refractivity contribution in [2.75, 3.05) is 7.11 Å². The van der Waals surface area contributed by atoms with Crippen molar-refractivity contribution in [2.24, 2.45) is 5.92 Å². The molecule has 0 radical (unpaired) electrons. The SMILES string of the molecule is COc1ncccc1CNC(=O)C(C)C. The minimum atomic E-state index is -0.00679. The van der Waals surface area contributed by atoms with Crippen LogP contribution in [0.1, 0.15) is 19.4 Å². The molecule has 4 nitrogen and oxygen atoms in total. The van der Waals surface area contributed by atoms with E-state index in [1.54, 1.807) is 13.3 Å². The van der Waals surface area contributed by atoms with E-state index >= 15 is 0 Å². The minimum absolute atomic E-state index is 0.00679. The first kappa shape index (κ1) is 11.5. The third kappa shape index (κ3) is 3.23. The summed E-state index contributed by atoms with van der Waals surface area (Å²) in [5, 5.41) is 2.81. The summed E-state index contributed by atoms with van der Waals surface area (Å²) in [4.78, 5) is 15.4. The minimum Gasteiger partial charge on any atom is -0.481 e. The summed E-state index contributed by atoms with van der Waals surface area (Å²) in [5.41, 5.74) is 0.883. The molecule has 0 spiro atoms. The highest BCUT2D eigenvalue weighted by Gasteiger charge is 2.08. The molecule has 15 heavy (non-hydrogen) atoms. The fourth-order valence-corrected chi connectivity index (χ4v) is 1.13. The van der Waals surface area contributed by atoms with Gasteiger partial charge in [0.25, 0.3) is 0 Å². The molecule has 1 aromatic heterocycles. The van der Waals surface area contributed by atoms with Crippen molar-refractivity contribution in [3.63, 3.8) is 0 Å². The van der Waals surface area contributed by atoms with Gasteiger partial charge in [-0.05, 0) is 6.07 Å². The number of nitrogens with one attached hydrogen (secondary N) is 1. The van der Waals surface area contributed by atoms with Crippen molar-refractivity contribution in [2.45, 2.75) is 20.4 Å². The Morgan fingerprint density at radius 2 is 2.33 bits per heavy atom. The van der Waals surface area contributed by atoms with Gasteiger partial charge in [0.2, 0.25) is 11.8 Å². The first-order chi connectivity index (χ1) is 7.15. The summed E-state index contributed by atoms with van der Waals surface area (Å²) in [7, 11) is 1.57. The smallest absolute Gasteiger partial charge is 0.222 e. The number of hydrogen-bond acceptors (Lipinski definition) is 3. The maximum absolute atomic E-state index is 11.3. The second-order valence-corrected chi connectivity index (χ2v) is 3.54. The largest absolute Gasteiger partial charge is 0.481 e. The first-order valence-corrected chi connectivity index (χ1v) is 4.90. The van der Waals surface area contributed by atoms with Crippen molar-refractivity contribution in [1.29, 1.82) is 0 Å². The Labute approximate surface area is 89.7 Å². The summed E-state index contributed by atoms with van der Waals surface area (Å²) >= 11 is 0. The van der Waals surface area contributed by atoms with E-state index < -0.39 is 0 Å². The zero-order valence-electron chi connectivity index (χ0n) is 9.28. The van der Waals surface area contributed by atoms with E-state index in [9.17, 15) is 4.79 Å². The molecule has 0 unspecified atom stereocenters. The second-order valence-electron chi connectivity index (χ2n) is 3.54. The first-order valence-electron chi connectivity index (χ1n) is 4.90. The van der Waals surface area contributed by atoms with Crippen molar-refractivity contribution >= 4 is 5.91 Å². The van der Waals surface area contributed by atoms with Crippen LogP contribution >= 0.6 is 0 Å². The molecule has 4 heteroatoms. The van der Waals surface area contributed by atoms with E-state index in [1.807, 2.05) is 26.0 Å². The van der Waals surface area contributed by atoms with E-state index in [0.29, 0.717) is 12.4 Å². The van der Waals surface area contributed by atoms with Crippen LogP contribution in [0, 0.1) is 5.92 Å². The molecule has 0 fully saturated rings. The third-order valence-corrected chi connectivity index (χ3v) is 2.02. The van der Waals surface area contributed by atoms with Crippen LogP contribution in [-0.2, 0) is 11.3 Å². The van der Waals surface area contributed by atoms with E-state index in [0.717, 1.165) is 5.56 Å². The van der Waals surface area contributed by atoms with E-state index in [4.69, 9.17) is 4.74 Å². The summed E-state index contributed by atoms with van der Waals surface area (Å²) in [6.45, 7) is 4.17. The van der Waals surface area contributed by atoms with E-state index in [2.05, 4.69) is 10.3 Å². The highest BCUT2D eigenvalue weighted by Crippen LogP contribution is 2.12. The molecule has 0 aliphatic rings. The van der Waals surface area contributed by atoms with Crippen LogP contribution in [0.2, 0.25) is 0 Å². The van der Waals surface area contributed by atoms with Gasteiger partial charge < -0.3 is 10.1 Å². The van der Waals surface area contributed by atoms with Crippen molar-refractivity contribution in [3.8, 4) is 5.88 Å². The summed E-state index contributed by atoms with van der Waals surface area (Å²) in [6, 6.07) is 3.70. The number of hydrogen-bond donors (Lipinski definition) is 1. The summed E-state index contributed by atoms with van der Waals surface area (Å²) < 4.78 is 5.08. The molecule has 0 bridgehead atoms. The van der Waals surface area contributed by atoms with Crippen LogP contribution in [0.5, 0.6) is 5.88 Å². The van der Waals surface area contributed by atoms with Gasteiger partial charge in [-0.25, -0.2) is 4.98 Å². The topological polar surface area (TPSA) is 51.2 Å². The van der Waals surface area contributed by atoms with Crippen LogP contribution in [-0.4, -0.2) is 18.0 Å². The Bertz CT molecular complexity index is 337. The van der Waals surface area contributed by atoms with Crippen molar-refractivity contribution in [3.05, 3.63) is 23.9 Å². The Kier molecular flexibility index (Phi) is 4.09. The predicted molar refractivity (Wildman–Crippen MR) is 57.5 cm³/mol. The van der Waals surface area contributed by atoms with Crippen LogP contribution in [0.25, 0.3) is 0 Å². The number of nitrogens with zero attached hydrogens (tertiary/aromatic N) is 1. The number of carbonyl (C=O) groups is 1. The van der Waals surface area contributed by atoms with Gasteiger partial charge in [0.15, 0.2) is 0 Å². The Morgan fingerprint density at radius 3 is 2.93 bits per heavy atom. The number of aromatic nitrogens is 1. The number of rotatable bonds is 4. The lowest BCUT2D eigenvalue weighted by Gasteiger charge is -2.09. The summed E-state index contributed by atoms with van der Waals surface area (Å²) in [6.07, 6.45) is 1.66. The summed E-state index contributed by atoms with van der Waals surface area (Å²) in [5.74, 6) is 0.579. The molecular weight excluding hydrogens is 192 g/mol. The highest BCUT2D eigenvalue weighted by molar-refractivity contribution is 5.77. The fraction of sp³-hybridized carbons (Fsp3) is 0.455. The van der Waals surface area contributed by atoms with Crippen LogP contribution in [0.15, 0.2) is 18.3 Å². The monoisotopic (exact) mass is 208 g/mol. The highest BCUT2D eigenvalue weighted by atomic mass is 16.5. The van der Waals surface area contributed by atoms with Gasteiger partial charge >= 0.3 is 0 Å². The number of pyridine rings is 1. The molecule has 0 atom stereocenters. The van der Waals surface area contributed by atoms with Crippen molar-refractivity contribution < 1.29 is 9.53 Å². The van der Waals surface area contributed by atoms with Gasteiger partial charge in [-0.15, -0.1) is 0 Å². The maximum atomic E-state index is 11.3. The Morgan fingerprint density at radius 1 is 1.60 bits per heavy atom. The molecule has 1 rings (SSSR count). The lowest BCUT2D eigenvalue weighted by Crippen LogP contribution is -2.27. The standard InChI is InChI=1S/C11H16N2O2/c1-8(2)10(14)13-7-9-5-4-6-12-11(9)15-3/h4-6,8H,7H2,1-3H3,(H,13,14). The molecular formula is C11H16N2O2. The molecule has 0 saturated heterocycles. The fourth-order valence-electron chi connectivity index (χ4n) is 1.13. The van der Waals surface area contributed by atoms with Gasteiger partial charge in [-0.1, -0.05) is 19.9 Å².